The maximum atomic E-state index is 11.9. The number of aliphatic hydroxyl groups excluding tert-OH is 1. The predicted octanol–water partition coefficient (Wildman–Crippen LogP) is -2.65. The topological polar surface area (TPSA) is 170 Å². The number of H-pyrrole nitrogens is 1. The molecule has 2 amide bonds. The first-order valence-corrected chi connectivity index (χ1v) is 6.52. The van der Waals surface area contributed by atoms with Crippen molar-refractivity contribution in [3.63, 3.8) is 0 Å². The van der Waals surface area contributed by atoms with Crippen molar-refractivity contribution in [3.8, 4) is 0 Å². The summed E-state index contributed by atoms with van der Waals surface area (Å²) in [5, 5.41) is 22.4. The summed E-state index contributed by atoms with van der Waals surface area (Å²) in [6, 6.07) is -2.24. The van der Waals surface area contributed by atoms with Crippen molar-refractivity contribution in [1.82, 2.24) is 20.6 Å². The zero-order valence-corrected chi connectivity index (χ0v) is 11.9. The highest BCUT2D eigenvalue weighted by molar-refractivity contribution is 5.91. The minimum absolute atomic E-state index is 0.176. The molecule has 0 aliphatic carbocycles. The molecule has 0 bridgehead atoms. The van der Waals surface area contributed by atoms with Crippen LogP contribution in [0.5, 0.6) is 0 Å². The van der Waals surface area contributed by atoms with E-state index in [4.69, 9.17) is 10.8 Å². The summed E-state index contributed by atoms with van der Waals surface area (Å²) in [6.45, 7) is 0.684. The number of hydrogen-bond acceptors (Lipinski definition) is 6. The third kappa shape index (κ3) is 5.50. The van der Waals surface area contributed by atoms with Gasteiger partial charge in [-0.15, -0.1) is 0 Å². The Labute approximate surface area is 126 Å². The van der Waals surface area contributed by atoms with Gasteiger partial charge >= 0.3 is 5.97 Å². The van der Waals surface area contributed by atoms with Crippen molar-refractivity contribution in [1.29, 1.82) is 0 Å². The number of carboxylic acids is 1. The summed E-state index contributed by atoms with van der Waals surface area (Å²) in [5.41, 5.74) is 6.36. The Morgan fingerprint density at radius 2 is 2.09 bits per heavy atom. The first-order chi connectivity index (χ1) is 10.3. The van der Waals surface area contributed by atoms with Crippen LogP contribution in [-0.2, 0) is 20.8 Å². The van der Waals surface area contributed by atoms with Gasteiger partial charge in [-0.05, 0) is 6.92 Å². The second-order valence-corrected chi connectivity index (χ2v) is 4.73. The molecule has 10 nitrogen and oxygen atoms in total. The smallest absolute Gasteiger partial charge is 0.322 e. The second kappa shape index (κ2) is 8.10. The van der Waals surface area contributed by atoms with E-state index in [2.05, 4.69) is 20.6 Å². The molecule has 22 heavy (non-hydrogen) atoms. The van der Waals surface area contributed by atoms with Crippen LogP contribution in [0.4, 0.5) is 0 Å². The third-order valence-electron chi connectivity index (χ3n) is 2.81. The van der Waals surface area contributed by atoms with Gasteiger partial charge < -0.3 is 31.6 Å². The lowest BCUT2D eigenvalue weighted by molar-refractivity contribution is -0.139. The van der Waals surface area contributed by atoms with Gasteiger partial charge in [-0.1, -0.05) is 0 Å². The van der Waals surface area contributed by atoms with E-state index >= 15 is 0 Å². The monoisotopic (exact) mass is 313 g/mol. The third-order valence-corrected chi connectivity index (χ3v) is 2.81. The Bertz CT molecular complexity index is 516. The molecule has 7 N–H and O–H groups in total. The van der Waals surface area contributed by atoms with E-state index in [1.54, 1.807) is 0 Å². The number of imidazole rings is 1. The largest absolute Gasteiger partial charge is 0.480 e. The minimum atomic E-state index is -1.29. The van der Waals surface area contributed by atoms with E-state index in [1.165, 1.54) is 19.4 Å². The summed E-state index contributed by atoms with van der Waals surface area (Å²) in [5.74, 6) is -2.69. The lowest BCUT2D eigenvalue weighted by Gasteiger charge is -2.22. The first kappa shape index (κ1) is 17.6. The van der Waals surface area contributed by atoms with E-state index in [0.717, 1.165) is 0 Å². The van der Waals surface area contributed by atoms with E-state index in [1.807, 2.05) is 0 Å². The minimum Gasteiger partial charge on any atom is -0.480 e. The molecular formula is C12H19N5O5. The molecule has 0 radical (unpaired) electrons. The lowest BCUT2D eigenvalue weighted by atomic mass is 10.1. The van der Waals surface area contributed by atoms with Gasteiger partial charge in [0.05, 0.1) is 18.5 Å². The molecule has 122 valence electrons. The number of amides is 2. The molecule has 3 atom stereocenters. The highest BCUT2D eigenvalue weighted by Gasteiger charge is 2.28. The Hall–Kier alpha value is -2.46. The molecule has 0 aliphatic rings. The maximum absolute atomic E-state index is 11.9. The molecule has 0 aromatic carbocycles. The highest BCUT2D eigenvalue weighted by Crippen LogP contribution is 1.99. The van der Waals surface area contributed by atoms with Crippen LogP contribution in [0.15, 0.2) is 12.5 Å². The number of aromatic nitrogens is 2. The van der Waals surface area contributed by atoms with Gasteiger partial charge in [0.1, 0.15) is 12.6 Å². The maximum Gasteiger partial charge on any atom is 0.322 e. The summed E-state index contributed by atoms with van der Waals surface area (Å²) >= 11 is 0. The van der Waals surface area contributed by atoms with Gasteiger partial charge in [-0.3, -0.25) is 14.4 Å². The summed E-state index contributed by atoms with van der Waals surface area (Å²) < 4.78 is 0. The van der Waals surface area contributed by atoms with Crippen LogP contribution in [-0.4, -0.2) is 62.7 Å². The number of aliphatic hydroxyl groups is 1. The quantitative estimate of drug-likeness (QED) is 0.304. The lowest BCUT2D eigenvalue weighted by Crippen LogP contribution is -2.56. The number of aliphatic carboxylic acids is 1. The molecule has 0 aliphatic heterocycles. The van der Waals surface area contributed by atoms with Crippen molar-refractivity contribution in [2.45, 2.75) is 31.5 Å². The fourth-order valence-corrected chi connectivity index (χ4v) is 1.66. The number of nitrogens with one attached hydrogen (secondary N) is 3. The van der Waals surface area contributed by atoms with Crippen LogP contribution < -0.4 is 16.4 Å². The molecule has 0 saturated carbocycles. The number of carbonyl (C=O) groups excluding carboxylic acids is 2. The van der Waals surface area contributed by atoms with Crippen molar-refractivity contribution in [2.24, 2.45) is 5.73 Å². The predicted molar refractivity (Wildman–Crippen MR) is 74.5 cm³/mol. The summed E-state index contributed by atoms with van der Waals surface area (Å²) in [6.07, 6.45) is 1.92. The van der Waals surface area contributed by atoms with Gasteiger partial charge in [0, 0.05) is 18.3 Å². The Morgan fingerprint density at radius 1 is 1.41 bits per heavy atom. The van der Waals surface area contributed by atoms with Crippen LogP contribution in [0, 0.1) is 0 Å². The fraction of sp³-hybridized carbons (Fsp3) is 0.500. The molecule has 10 heteroatoms. The van der Waals surface area contributed by atoms with Crippen LogP contribution in [0.1, 0.15) is 12.6 Å². The first-order valence-electron chi connectivity index (χ1n) is 6.52. The van der Waals surface area contributed by atoms with Crippen molar-refractivity contribution < 1.29 is 24.6 Å². The average Bonchev–Trinajstić information content (AvgIpc) is 2.94. The number of rotatable bonds is 8. The Balaban J connectivity index is 2.59. The zero-order chi connectivity index (χ0) is 16.7. The van der Waals surface area contributed by atoms with Crippen molar-refractivity contribution in [2.75, 3.05) is 6.54 Å². The molecule has 1 rings (SSSR count). The van der Waals surface area contributed by atoms with Crippen molar-refractivity contribution >= 4 is 17.8 Å². The number of carbonyl (C=O) groups is 3. The van der Waals surface area contributed by atoms with Gasteiger partial charge in [-0.2, -0.15) is 0 Å². The van der Waals surface area contributed by atoms with E-state index in [9.17, 15) is 19.5 Å². The molecular weight excluding hydrogens is 294 g/mol. The summed E-state index contributed by atoms with van der Waals surface area (Å²) in [4.78, 5) is 40.7. The molecule has 0 fully saturated rings. The highest BCUT2D eigenvalue weighted by atomic mass is 16.4. The number of aromatic amines is 1. The fourth-order valence-electron chi connectivity index (χ4n) is 1.66. The SMILES string of the molecule is CC(O)C(NC(=O)C(N)Cc1cnc[nH]1)C(=O)NCC(=O)O. The van der Waals surface area contributed by atoms with E-state index in [0.29, 0.717) is 5.69 Å². The molecule has 0 saturated heterocycles. The number of nitrogens with two attached hydrogens (primary N) is 1. The Kier molecular flexibility index (Phi) is 6.47. The zero-order valence-electron chi connectivity index (χ0n) is 11.9. The second-order valence-electron chi connectivity index (χ2n) is 4.73. The average molecular weight is 313 g/mol. The molecule has 1 aromatic heterocycles. The molecule has 1 aromatic rings. The molecule has 1 heterocycles. The molecule has 3 unspecified atom stereocenters. The number of nitrogens with zero attached hydrogens (tertiary/aromatic N) is 1. The van der Waals surface area contributed by atoms with Gasteiger partial charge in [0.25, 0.3) is 0 Å². The Morgan fingerprint density at radius 3 is 2.59 bits per heavy atom. The molecule has 0 spiro atoms. The van der Waals surface area contributed by atoms with E-state index in [-0.39, 0.29) is 6.42 Å². The van der Waals surface area contributed by atoms with Crippen molar-refractivity contribution in [3.05, 3.63) is 18.2 Å². The number of carboxylic acid groups (broad SMARTS) is 1. The van der Waals surface area contributed by atoms with Crippen LogP contribution in [0.25, 0.3) is 0 Å². The van der Waals surface area contributed by atoms with Gasteiger partial charge in [0.2, 0.25) is 11.8 Å². The van der Waals surface area contributed by atoms with E-state index < -0.39 is 42.5 Å². The summed E-state index contributed by atoms with van der Waals surface area (Å²) in [7, 11) is 0. The van der Waals surface area contributed by atoms with Crippen LogP contribution >= 0.6 is 0 Å². The number of hydrogen-bond donors (Lipinski definition) is 6. The van der Waals surface area contributed by atoms with Gasteiger partial charge in [-0.25, -0.2) is 4.98 Å². The van der Waals surface area contributed by atoms with Gasteiger partial charge in [0.15, 0.2) is 0 Å². The standard InChI is InChI=1S/C12H19N5O5/c1-6(18)10(12(22)15-4-9(19)20)17-11(21)8(13)2-7-3-14-5-16-7/h3,5-6,8,10,18H,2,4,13H2,1H3,(H,14,16)(H,15,22)(H,17,21)(H,19,20). The van der Waals surface area contributed by atoms with Crippen LogP contribution in [0.2, 0.25) is 0 Å². The normalized spacial score (nSPS) is 14.7. The van der Waals surface area contributed by atoms with Crippen LogP contribution in [0.3, 0.4) is 0 Å².